The van der Waals surface area contributed by atoms with E-state index in [-0.39, 0.29) is 5.96 Å². The predicted molar refractivity (Wildman–Crippen MR) is 53.0 cm³/mol. The molecule has 1 rings (SSSR count). The maximum Gasteiger partial charge on any atom is 0.382 e. The largest absolute Gasteiger partial charge is 0.744 e. The maximum absolute atomic E-state index is 11.9. The van der Waals surface area contributed by atoms with E-state index in [4.69, 9.17) is 0 Å². The highest BCUT2D eigenvalue weighted by molar-refractivity contribution is 5.76. The Bertz CT molecular complexity index is 282. The molecule has 0 saturated carbocycles. The van der Waals surface area contributed by atoms with E-state index in [0.29, 0.717) is 0 Å². The molecule has 0 aromatic carbocycles. The summed E-state index contributed by atoms with van der Waals surface area (Å²) in [5, 5.41) is 24.6. The lowest BCUT2D eigenvalue weighted by Crippen LogP contribution is -2.53. The van der Waals surface area contributed by atoms with Gasteiger partial charge >= 0.3 is 5.96 Å². The van der Waals surface area contributed by atoms with E-state index in [1.807, 2.05) is 0 Å². The molecule has 0 spiro atoms. The molecule has 1 aliphatic heterocycles. The molecule has 5 nitrogen and oxygen atoms in total. The lowest BCUT2D eigenvalue weighted by molar-refractivity contribution is -0.543. The zero-order valence-electron chi connectivity index (χ0n) is 9.66. The van der Waals surface area contributed by atoms with E-state index in [0.717, 1.165) is 9.80 Å². The number of hydrogen-bond acceptors (Lipinski definition) is 3. The third-order valence-electron chi connectivity index (χ3n) is 3.28. The second-order valence-electron chi connectivity index (χ2n) is 4.90. The maximum atomic E-state index is 11.9. The van der Waals surface area contributed by atoms with Crippen molar-refractivity contribution in [3.05, 3.63) is 5.21 Å². The number of hydroxylamine groups is 3. The Hall–Kier alpha value is -0.970. The second kappa shape index (κ2) is 2.76. The van der Waals surface area contributed by atoms with Crippen molar-refractivity contribution in [1.29, 1.82) is 0 Å². The highest BCUT2D eigenvalue weighted by Gasteiger charge is 2.58. The fourth-order valence-corrected chi connectivity index (χ4v) is 1.44. The summed E-state index contributed by atoms with van der Waals surface area (Å²) in [4.78, 5) is 1.55. The summed E-state index contributed by atoms with van der Waals surface area (Å²) in [5.41, 5.74) is -1.43. The van der Waals surface area contributed by atoms with Gasteiger partial charge in [-0.05, 0) is 32.9 Å². The Morgan fingerprint density at radius 3 is 1.86 bits per heavy atom. The molecule has 0 bridgehead atoms. The molecule has 0 aromatic rings. The summed E-state index contributed by atoms with van der Waals surface area (Å²) in [7, 11) is 3.39. The molecule has 1 aliphatic rings. The first-order valence-electron chi connectivity index (χ1n) is 4.63. The van der Waals surface area contributed by atoms with Gasteiger partial charge in [-0.15, -0.1) is 0 Å². The SMILES string of the molecule is CN(C)C1=[N+]([O-])C(C)(C)C(C)(C)N1[O]. The first-order valence-corrected chi connectivity index (χ1v) is 4.63. The smallest absolute Gasteiger partial charge is 0.382 e. The van der Waals surface area contributed by atoms with Crippen LogP contribution in [0.3, 0.4) is 0 Å². The van der Waals surface area contributed by atoms with Crippen LogP contribution in [0.5, 0.6) is 0 Å². The van der Waals surface area contributed by atoms with Gasteiger partial charge in [0.2, 0.25) is 0 Å². The van der Waals surface area contributed by atoms with Gasteiger partial charge in [-0.3, -0.25) is 9.64 Å². The number of guanidine groups is 1. The molecule has 0 amide bonds. The van der Waals surface area contributed by atoms with Gasteiger partial charge in [0.1, 0.15) is 5.54 Å². The van der Waals surface area contributed by atoms with Gasteiger partial charge in [0.05, 0.1) is 14.1 Å². The van der Waals surface area contributed by atoms with Crippen LogP contribution < -0.4 is 0 Å². The highest BCUT2D eigenvalue weighted by atomic mass is 16.5. The molecule has 0 saturated heterocycles. The van der Waals surface area contributed by atoms with Crippen molar-refractivity contribution in [2.45, 2.75) is 38.8 Å². The Labute approximate surface area is 84.8 Å². The van der Waals surface area contributed by atoms with Gasteiger partial charge < -0.3 is 5.21 Å². The fraction of sp³-hybridized carbons (Fsp3) is 0.889. The second-order valence-corrected chi connectivity index (χ2v) is 4.90. The average molecular weight is 200 g/mol. The summed E-state index contributed by atoms with van der Waals surface area (Å²) in [5.74, 6) is 0.167. The van der Waals surface area contributed by atoms with Crippen molar-refractivity contribution < 1.29 is 9.95 Å². The molecule has 0 N–H and O–H groups in total. The quantitative estimate of drug-likeness (QED) is 0.426. The first-order chi connectivity index (χ1) is 6.14. The average Bonchev–Trinajstić information content (AvgIpc) is 2.12. The van der Waals surface area contributed by atoms with Gasteiger partial charge in [-0.2, -0.15) is 0 Å². The minimum absolute atomic E-state index is 0.167. The monoisotopic (exact) mass is 200 g/mol. The van der Waals surface area contributed by atoms with Crippen molar-refractivity contribution >= 4 is 5.96 Å². The molecule has 81 valence electrons. The standard InChI is InChI=1S/C9H18N3O2/c1-8(2)9(3,4)12(14)7(10(5)6)11(8)13/h1-6H3. The molecular formula is C9H18N3O2. The van der Waals surface area contributed by atoms with Gasteiger partial charge in [-0.25, -0.2) is 0 Å². The molecule has 5 heteroatoms. The minimum atomic E-state index is -0.714. The van der Waals surface area contributed by atoms with E-state index >= 15 is 0 Å². The Morgan fingerprint density at radius 2 is 1.71 bits per heavy atom. The Kier molecular flexibility index (Phi) is 2.19. The van der Waals surface area contributed by atoms with Gasteiger partial charge in [0.25, 0.3) is 0 Å². The van der Waals surface area contributed by atoms with Crippen LogP contribution in [0.25, 0.3) is 0 Å². The zero-order valence-corrected chi connectivity index (χ0v) is 9.66. The molecule has 14 heavy (non-hydrogen) atoms. The summed E-state index contributed by atoms with van der Waals surface area (Å²) < 4.78 is 0.792. The topological polar surface area (TPSA) is 52.4 Å². The van der Waals surface area contributed by atoms with Crippen molar-refractivity contribution in [3.8, 4) is 0 Å². The van der Waals surface area contributed by atoms with Crippen LogP contribution in [0.15, 0.2) is 0 Å². The van der Waals surface area contributed by atoms with Crippen LogP contribution in [0.4, 0.5) is 0 Å². The zero-order chi connectivity index (χ0) is 11.3. The van der Waals surface area contributed by atoms with Crippen LogP contribution in [0.1, 0.15) is 27.7 Å². The van der Waals surface area contributed by atoms with Gasteiger partial charge in [0, 0.05) is 0 Å². The highest BCUT2D eigenvalue weighted by Crippen LogP contribution is 2.35. The summed E-state index contributed by atoms with van der Waals surface area (Å²) in [6, 6.07) is 0. The molecule has 0 fully saturated rings. The summed E-state index contributed by atoms with van der Waals surface area (Å²) in [6.45, 7) is 7.12. The molecule has 1 heterocycles. The summed E-state index contributed by atoms with van der Waals surface area (Å²) >= 11 is 0. The van der Waals surface area contributed by atoms with Crippen LogP contribution in [0.2, 0.25) is 0 Å². The predicted octanol–water partition coefficient (Wildman–Crippen LogP) is 0.633. The Morgan fingerprint density at radius 1 is 1.29 bits per heavy atom. The first kappa shape index (κ1) is 11.1. The van der Waals surface area contributed by atoms with Gasteiger partial charge in [0.15, 0.2) is 5.54 Å². The normalized spacial score (nSPS) is 24.4. The molecule has 0 atom stereocenters. The van der Waals surface area contributed by atoms with Crippen LogP contribution in [-0.2, 0) is 5.21 Å². The Balaban J connectivity index is 3.27. The summed E-state index contributed by atoms with van der Waals surface area (Å²) in [6.07, 6.45) is 0. The van der Waals surface area contributed by atoms with Gasteiger partial charge in [-0.1, -0.05) is 5.06 Å². The van der Waals surface area contributed by atoms with E-state index in [9.17, 15) is 10.4 Å². The third-order valence-corrected chi connectivity index (χ3v) is 3.28. The van der Waals surface area contributed by atoms with Crippen molar-refractivity contribution in [3.63, 3.8) is 0 Å². The number of hydrogen-bond donors (Lipinski definition) is 0. The van der Waals surface area contributed by atoms with Crippen LogP contribution in [0, 0.1) is 5.21 Å². The van der Waals surface area contributed by atoms with Crippen LogP contribution in [-0.4, -0.2) is 45.8 Å². The molecular weight excluding hydrogens is 182 g/mol. The molecule has 0 unspecified atom stereocenters. The third kappa shape index (κ3) is 1.08. The van der Waals surface area contributed by atoms with Crippen molar-refractivity contribution in [2.24, 2.45) is 0 Å². The van der Waals surface area contributed by atoms with E-state index in [1.54, 1.807) is 46.7 Å². The van der Waals surface area contributed by atoms with E-state index in [2.05, 4.69) is 0 Å². The number of nitrogens with zero attached hydrogens (tertiary/aromatic N) is 3. The van der Waals surface area contributed by atoms with E-state index < -0.39 is 11.1 Å². The fourth-order valence-electron chi connectivity index (χ4n) is 1.44. The van der Waals surface area contributed by atoms with Crippen molar-refractivity contribution in [2.75, 3.05) is 14.1 Å². The molecule has 1 radical (unpaired) electrons. The molecule has 0 aliphatic carbocycles. The minimum Gasteiger partial charge on any atom is -0.744 e. The molecule has 0 aromatic heterocycles. The lowest BCUT2D eigenvalue weighted by Gasteiger charge is -2.34. The van der Waals surface area contributed by atoms with E-state index in [1.165, 1.54) is 0 Å². The lowest BCUT2D eigenvalue weighted by atomic mass is 9.84. The number of rotatable bonds is 0. The van der Waals surface area contributed by atoms with Crippen LogP contribution >= 0.6 is 0 Å². The van der Waals surface area contributed by atoms with Crippen molar-refractivity contribution in [1.82, 2.24) is 9.96 Å².